The topological polar surface area (TPSA) is 228 Å². The number of allylic oxidation sites excluding steroid dienone is 19. The molecule has 2 rings (SSSR count). The molecule has 0 spiro atoms. The lowest BCUT2D eigenvalue weighted by atomic mass is 9.97. The van der Waals surface area contributed by atoms with Crippen molar-refractivity contribution in [2.24, 2.45) is 0 Å². The van der Waals surface area contributed by atoms with E-state index in [1.807, 2.05) is 6.08 Å². The van der Waals surface area contributed by atoms with Crippen molar-refractivity contribution in [1.82, 2.24) is 5.32 Å². The Labute approximate surface area is 406 Å². The van der Waals surface area contributed by atoms with Crippen LogP contribution in [-0.2, 0) is 23.7 Å². The maximum atomic E-state index is 13.1. The van der Waals surface area contributed by atoms with Crippen molar-refractivity contribution in [1.29, 1.82) is 0 Å². The molecule has 2 heterocycles. The van der Waals surface area contributed by atoms with E-state index in [0.717, 1.165) is 83.5 Å². The number of amides is 1. The summed E-state index contributed by atoms with van der Waals surface area (Å²) in [4.78, 5) is 13.1. The highest BCUT2D eigenvalue weighted by atomic mass is 16.7. The summed E-state index contributed by atoms with van der Waals surface area (Å²) in [5, 5.41) is 86.3. The predicted octanol–water partition coefficient (Wildman–Crippen LogP) is 6.32. The summed E-state index contributed by atoms with van der Waals surface area (Å²) >= 11 is 0. The quantitative estimate of drug-likeness (QED) is 0.0251. The maximum Gasteiger partial charge on any atom is 0.220 e. The second-order valence-electron chi connectivity index (χ2n) is 16.8. The number of rotatable bonds is 35. The van der Waals surface area contributed by atoms with Gasteiger partial charge in [0.05, 0.1) is 32.0 Å². The minimum atomic E-state index is -1.80. The summed E-state index contributed by atoms with van der Waals surface area (Å²) in [5.41, 5.74) is 0. The molecule has 0 radical (unpaired) electrons. The van der Waals surface area contributed by atoms with Gasteiger partial charge in [-0.15, -0.1) is 0 Å². The van der Waals surface area contributed by atoms with E-state index in [-0.39, 0.29) is 18.9 Å². The van der Waals surface area contributed by atoms with Crippen molar-refractivity contribution in [3.63, 3.8) is 0 Å². The van der Waals surface area contributed by atoms with Gasteiger partial charge >= 0.3 is 0 Å². The molecule has 0 saturated carbocycles. The van der Waals surface area contributed by atoms with Crippen LogP contribution >= 0.6 is 0 Å². The molecule has 12 unspecified atom stereocenters. The Morgan fingerprint density at radius 2 is 1.01 bits per heavy atom. The van der Waals surface area contributed by atoms with Crippen LogP contribution in [0.25, 0.3) is 0 Å². The average Bonchev–Trinajstić information content (AvgIpc) is 3.34. The smallest absolute Gasteiger partial charge is 0.220 e. The first-order chi connectivity index (χ1) is 33.1. The Bertz CT molecular complexity index is 1600. The van der Waals surface area contributed by atoms with Gasteiger partial charge in [-0.25, -0.2) is 0 Å². The van der Waals surface area contributed by atoms with Crippen LogP contribution in [0, 0.1) is 0 Å². The second-order valence-corrected chi connectivity index (χ2v) is 16.8. The molecule has 68 heavy (non-hydrogen) atoms. The second kappa shape index (κ2) is 39.1. The number of ether oxygens (including phenoxy) is 4. The molecular weight excluding hydrogens is 871 g/mol. The number of carbonyl (C=O) groups excluding carboxylic acids is 1. The van der Waals surface area contributed by atoms with Crippen molar-refractivity contribution in [3.05, 3.63) is 122 Å². The molecule has 0 bridgehead atoms. The van der Waals surface area contributed by atoms with Crippen LogP contribution in [0.1, 0.15) is 117 Å². The van der Waals surface area contributed by atoms with Gasteiger partial charge in [-0.2, -0.15) is 0 Å². The van der Waals surface area contributed by atoms with Crippen molar-refractivity contribution in [2.75, 3.05) is 19.8 Å². The van der Waals surface area contributed by atoms with Gasteiger partial charge in [-0.1, -0.05) is 142 Å². The van der Waals surface area contributed by atoms with Crippen LogP contribution in [0.4, 0.5) is 0 Å². The average molecular weight is 956 g/mol. The van der Waals surface area contributed by atoms with Crippen molar-refractivity contribution in [2.45, 2.75) is 190 Å². The fourth-order valence-electron chi connectivity index (χ4n) is 7.09. The fraction of sp³-hybridized carbons (Fsp3) is 0.611. The van der Waals surface area contributed by atoms with Crippen LogP contribution in [0.2, 0.25) is 0 Å². The van der Waals surface area contributed by atoms with E-state index in [0.29, 0.717) is 12.8 Å². The number of aliphatic hydroxyl groups is 8. The number of carbonyl (C=O) groups is 1. The molecule has 384 valence electrons. The van der Waals surface area contributed by atoms with Gasteiger partial charge in [-0.3, -0.25) is 4.79 Å². The van der Waals surface area contributed by atoms with E-state index in [1.54, 1.807) is 6.08 Å². The third kappa shape index (κ3) is 25.8. The molecule has 2 aliphatic rings. The minimum Gasteiger partial charge on any atom is -0.394 e. The summed E-state index contributed by atoms with van der Waals surface area (Å²) in [5.74, 6) is -0.304. The first-order valence-electron chi connectivity index (χ1n) is 24.8. The van der Waals surface area contributed by atoms with Gasteiger partial charge in [0.25, 0.3) is 0 Å². The molecule has 14 nitrogen and oxygen atoms in total. The lowest BCUT2D eigenvalue weighted by Gasteiger charge is -2.46. The third-order valence-corrected chi connectivity index (χ3v) is 11.1. The van der Waals surface area contributed by atoms with Gasteiger partial charge in [0.15, 0.2) is 12.6 Å². The Balaban J connectivity index is 1.76. The summed E-state index contributed by atoms with van der Waals surface area (Å²) in [6.07, 6.45) is 38.6. The zero-order chi connectivity index (χ0) is 49.6. The normalized spacial score (nSPS) is 27.4. The molecule has 0 aromatic carbocycles. The molecule has 2 saturated heterocycles. The predicted molar refractivity (Wildman–Crippen MR) is 267 cm³/mol. The van der Waals surface area contributed by atoms with E-state index < -0.39 is 86.8 Å². The molecular formula is C54H85NO13. The monoisotopic (exact) mass is 956 g/mol. The highest BCUT2D eigenvalue weighted by molar-refractivity contribution is 5.76. The van der Waals surface area contributed by atoms with Crippen LogP contribution in [0.3, 0.4) is 0 Å². The van der Waals surface area contributed by atoms with E-state index >= 15 is 0 Å². The minimum absolute atomic E-state index is 0.208. The standard InChI is InChI=1S/C54H85NO13/c1-3-5-7-9-11-12-13-14-15-16-17-18-19-20-21-22-23-24-25-26-27-28-29-30-32-34-36-38-46(59)55-42(43(58)37-35-33-31-10-8-6-4-2)41-65-53-51(64)49(62)52(45(40-57)67-53)68-54-50(63)48(61)47(60)44(39-56)66-54/h5,7-8,10-12,14-15,17-18,20-21,23-24,26-27,29-30,35,37,42-45,47-54,56-58,60-64H,3-4,6,9,13,16,19,22,25,28,31-34,36,38-41H2,1-2H3,(H,55,59)/b7-5-,10-8+,12-11-,15-14-,18-17-,21-20-,24-23-,27-26-,30-29-,37-35+. The first-order valence-corrected chi connectivity index (χ1v) is 24.8. The Morgan fingerprint density at radius 3 is 1.54 bits per heavy atom. The molecule has 14 heteroatoms. The first kappa shape index (κ1) is 60.5. The summed E-state index contributed by atoms with van der Waals surface area (Å²) in [6, 6.07) is -0.961. The van der Waals surface area contributed by atoms with Gasteiger partial charge in [0, 0.05) is 6.42 Å². The largest absolute Gasteiger partial charge is 0.394 e. The molecule has 0 aromatic heterocycles. The van der Waals surface area contributed by atoms with E-state index in [1.165, 1.54) is 0 Å². The van der Waals surface area contributed by atoms with Crippen LogP contribution in [0.15, 0.2) is 122 Å². The highest BCUT2D eigenvalue weighted by Gasteiger charge is 2.51. The van der Waals surface area contributed by atoms with E-state index in [9.17, 15) is 45.6 Å². The zero-order valence-electron chi connectivity index (χ0n) is 40.5. The summed E-state index contributed by atoms with van der Waals surface area (Å²) in [6.45, 7) is 2.46. The molecule has 2 aliphatic heterocycles. The number of nitrogens with one attached hydrogen (secondary N) is 1. The summed E-state index contributed by atoms with van der Waals surface area (Å²) < 4.78 is 22.5. The third-order valence-electron chi connectivity index (χ3n) is 11.1. The van der Waals surface area contributed by atoms with Gasteiger partial charge < -0.3 is 65.1 Å². The Hall–Kier alpha value is -3.61. The molecule has 9 N–H and O–H groups in total. The lowest BCUT2D eigenvalue weighted by Crippen LogP contribution is -2.65. The highest BCUT2D eigenvalue weighted by Crippen LogP contribution is 2.30. The van der Waals surface area contributed by atoms with Crippen molar-refractivity contribution in [3.8, 4) is 0 Å². The molecule has 1 amide bonds. The van der Waals surface area contributed by atoms with Crippen LogP contribution < -0.4 is 5.32 Å². The van der Waals surface area contributed by atoms with Crippen molar-refractivity contribution < 1.29 is 64.6 Å². The zero-order valence-corrected chi connectivity index (χ0v) is 40.5. The van der Waals surface area contributed by atoms with Gasteiger partial charge in [0.2, 0.25) is 5.91 Å². The number of hydrogen-bond donors (Lipinski definition) is 9. The Morgan fingerprint density at radius 1 is 0.544 bits per heavy atom. The number of hydrogen-bond acceptors (Lipinski definition) is 13. The fourth-order valence-corrected chi connectivity index (χ4v) is 7.09. The van der Waals surface area contributed by atoms with Crippen molar-refractivity contribution >= 4 is 5.91 Å². The van der Waals surface area contributed by atoms with Crippen LogP contribution in [-0.4, -0.2) is 140 Å². The SMILES string of the molecule is CC/C=C\C/C=C\C/C=C\C/C=C\C/C=C\C/C=C\C/C=C\C/C=C\CCCCC(=O)NC(COC1OC(CO)C(OC2OC(CO)C(O)C(O)C2O)C(O)C1O)C(O)/C=C/CC/C=C/CCC. The Kier molecular flexibility index (Phi) is 34.8. The number of unbranched alkanes of at least 4 members (excludes halogenated alkanes) is 4. The molecule has 12 atom stereocenters. The summed E-state index contributed by atoms with van der Waals surface area (Å²) in [7, 11) is 0. The van der Waals surface area contributed by atoms with Crippen LogP contribution in [0.5, 0.6) is 0 Å². The van der Waals surface area contributed by atoms with E-state index in [4.69, 9.17) is 18.9 Å². The molecule has 0 aliphatic carbocycles. The maximum absolute atomic E-state index is 13.1. The lowest BCUT2D eigenvalue weighted by molar-refractivity contribution is -0.359. The van der Waals surface area contributed by atoms with Gasteiger partial charge in [-0.05, 0) is 89.9 Å². The van der Waals surface area contributed by atoms with E-state index in [2.05, 4.69) is 129 Å². The molecule has 2 fully saturated rings. The molecule has 0 aromatic rings. The van der Waals surface area contributed by atoms with Gasteiger partial charge in [0.1, 0.15) is 48.8 Å². The number of aliphatic hydroxyl groups excluding tert-OH is 8.